The Morgan fingerprint density at radius 3 is 1.82 bits per heavy atom. The number of fused-ring (bicyclic) bond motifs is 1. The Labute approximate surface area is 238 Å². The standard InChI is InChI=1S/C32H43N3O5/c1-6-7-8-9-10-11-12-13-14-15-16-40-32-29(38-4)17-24(18-30(32)39-5)35-31-23(21-33)22-34-26-20-28(37-3)27(36-2)19-25(26)31/h17-20,22H,6-16H2,1-5H3,(H,34,35). The summed E-state index contributed by atoms with van der Waals surface area (Å²) in [6, 6.07) is 9.49. The first-order chi connectivity index (χ1) is 19.6. The Hall–Kier alpha value is -3.86. The van der Waals surface area contributed by atoms with E-state index in [9.17, 15) is 5.26 Å². The minimum Gasteiger partial charge on any atom is -0.493 e. The maximum absolute atomic E-state index is 9.81. The summed E-state index contributed by atoms with van der Waals surface area (Å²) in [6.07, 6.45) is 14.2. The minimum atomic E-state index is 0.388. The number of ether oxygens (including phenoxy) is 5. The van der Waals surface area contributed by atoms with Gasteiger partial charge in [-0.3, -0.25) is 4.98 Å². The summed E-state index contributed by atoms with van der Waals surface area (Å²) in [5, 5.41) is 13.9. The predicted octanol–water partition coefficient (Wildman–Crippen LogP) is 8.18. The van der Waals surface area contributed by atoms with E-state index in [1.54, 1.807) is 34.5 Å². The van der Waals surface area contributed by atoms with Crippen LogP contribution in [0.25, 0.3) is 10.9 Å². The molecule has 0 aliphatic carbocycles. The molecular weight excluding hydrogens is 506 g/mol. The van der Waals surface area contributed by atoms with Gasteiger partial charge in [-0.15, -0.1) is 0 Å². The SMILES string of the molecule is CCCCCCCCCCCCOc1c(OC)cc(Nc2c(C#N)cnc3cc(OC)c(OC)cc23)cc1OC. The van der Waals surface area contributed by atoms with Gasteiger partial charge < -0.3 is 29.0 Å². The Morgan fingerprint density at radius 1 is 0.725 bits per heavy atom. The molecule has 1 aromatic heterocycles. The molecule has 3 aromatic rings. The third kappa shape index (κ3) is 8.08. The molecule has 1 N–H and O–H groups in total. The number of methoxy groups -OCH3 is 4. The van der Waals surface area contributed by atoms with Crippen molar-refractivity contribution in [3.8, 4) is 34.8 Å². The summed E-state index contributed by atoms with van der Waals surface area (Å²) in [5.74, 6) is 2.76. The van der Waals surface area contributed by atoms with Crippen molar-refractivity contribution in [2.24, 2.45) is 0 Å². The molecule has 8 nitrogen and oxygen atoms in total. The third-order valence-corrected chi connectivity index (χ3v) is 6.97. The Morgan fingerprint density at radius 2 is 1.27 bits per heavy atom. The number of benzene rings is 2. The molecule has 0 fully saturated rings. The lowest BCUT2D eigenvalue weighted by Crippen LogP contribution is -2.03. The largest absolute Gasteiger partial charge is 0.493 e. The van der Waals surface area contributed by atoms with E-state index in [1.165, 1.54) is 57.6 Å². The summed E-state index contributed by atoms with van der Waals surface area (Å²) in [4.78, 5) is 4.43. The highest BCUT2D eigenvalue weighted by molar-refractivity contribution is 5.97. The van der Waals surface area contributed by atoms with Crippen LogP contribution in [0, 0.1) is 11.3 Å². The summed E-state index contributed by atoms with van der Waals surface area (Å²) >= 11 is 0. The zero-order valence-electron chi connectivity index (χ0n) is 24.6. The molecule has 1 heterocycles. The maximum atomic E-state index is 9.81. The fraction of sp³-hybridized carbons (Fsp3) is 0.500. The summed E-state index contributed by atoms with van der Waals surface area (Å²) < 4.78 is 28.4. The zero-order valence-corrected chi connectivity index (χ0v) is 24.6. The van der Waals surface area contributed by atoms with Crippen LogP contribution >= 0.6 is 0 Å². The molecular formula is C32H43N3O5. The monoisotopic (exact) mass is 549 g/mol. The van der Waals surface area contributed by atoms with Crippen molar-refractivity contribution in [1.82, 2.24) is 4.98 Å². The van der Waals surface area contributed by atoms with Gasteiger partial charge in [-0.25, -0.2) is 0 Å². The van der Waals surface area contributed by atoms with Crippen molar-refractivity contribution in [1.29, 1.82) is 5.26 Å². The van der Waals surface area contributed by atoms with Crippen LogP contribution in [0.15, 0.2) is 30.5 Å². The minimum absolute atomic E-state index is 0.388. The van der Waals surface area contributed by atoms with E-state index in [-0.39, 0.29) is 0 Å². The van der Waals surface area contributed by atoms with E-state index in [0.29, 0.717) is 57.8 Å². The maximum Gasteiger partial charge on any atom is 0.203 e. The molecule has 0 saturated heterocycles. The van der Waals surface area contributed by atoms with E-state index in [2.05, 4.69) is 23.3 Å². The lowest BCUT2D eigenvalue weighted by Gasteiger charge is -2.18. The van der Waals surface area contributed by atoms with Crippen molar-refractivity contribution in [3.63, 3.8) is 0 Å². The predicted molar refractivity (Wildman–Crippen MR) is 160 cm³/mol. The van der Waals surface area contributed by atoms with Crippen molar-refractivity contribution < 1.29 is 23.7 Å². The molecule has 0 unspecified atom stereocenters. The van der Waals surface area contributed by atoms with Gasteiger partial charge in [-0.2, -0.15) is 5.26 Å². The van der Waals surface area contributed by atoms with E-state index >= 15 is 0 Å². The van der Waals surface area contributed by atoms with Gasteiger partial charge in [0.1, 0.15) is 6.07 Å². The summed E-state index contributed by atoms with van der Waals surface area (Å²) in [6.45, 7) is 2.84. The number of anilines is 2. The van der Waals surface area contributed by atoms with Crippen LogP contribution in [-0.2, 0) is 0 Å². The highest BCUT2D eigenvalue weighted by Gasteiger charge is 2.18. The topological polar surface area (TPSA) is 94.9 Å². The molecule has 0 radical (unpaired) electrons. The van der Waals surface area contributed by atoms with Gasteiger partial charge in [0.2, 0.25) is 5.75 Å². The smallest absolute Gasteiger partial charge is 0.203 e. The van der Waals surface area contributed by atoms with Crippen LogP contribution in [0.1, 0.15) is 76.7 Å². The molecule has 0 atom stereocenters. The number of hydrogen-bond donors (Lipinski definition) is 1. The van der Waals surface area contributed by atoms with Crippen LogP contribution in [0.2, 0.25) is 0 Å². The van der Waals surface area contributed by atoms with Gasteiger partial charge in [0.05, 0.1) is 51.8 Å². The molecule has 0 amide bonds. The molecule has 0 saturated carbocycles. The number of nitrogens with zero attached hydrogens (tertiary/aromatic N) is 2. The zero-order chi connectivity index (χ0) is 28.7. The summed E-state index contributed by atoms with van der Waals surface area (Å²) in [5.41, 5.74) is 2.32. The average molecular weight is 550 g/mol. The number of unbranched alkanes of at least 4 members (excludes halogenated alkanes) is 9. The van der Waals surface area contributed by atoms with Crippen LogP contribution in [0.3, 0.4) is 0 Å². The fourth-order valence-corrected chi connectivity index (χ4v) is 4.74. The quantitative estimate of drug-likeness (QED) is 0.159. The normalized spacial score (nSPS) is 10.7. The number of aromatic nitrogens is 1. The molecule has 0 aliphatic rings. The van der Waals surface area contributed by atoms with Gasteiger partial charge in [0, 0.05) is 35.5 Å². The van der Waals surface area contributed by atoms with Crippen LogP contribution in [0.5, 0.6) is 28.7 Å². The lowest BCUT2D eigenvalue weighted by atomic mass is 10.1. The fourth-order valence-electron chi connectivity index (χ4n) is 4.74. The van der Waals surface area contributed by atoms with Gasteiger partial charge in [-0.1, -0.05) is 64.7 Å². The van der Waals surface area contributed by atoms with Crippen LogP contribution in [-0.4, -0.2) is 40.0 Å². The van der Waals surface area contributed by atoms with E-state index in [1.807, 2.05) is 18.2 Å². The first kappa shape index (κ1) is 30.7. The Kier molecular flexibility index (Phi) is 12.5. The molecule has 8 heteroatoms. The van der Waals surface area contributed by atoms with Gasteiger partial charge >= 0.3 is 0 Å². The van der Waals surface area contributed by atoms with Crippen molar-refractivity contribution >= 4 is 22.3 Å². The molecule has 2 aromatic carbocycles. The Balaban J connectivity index is 1.70. The third-order valence-electron chi connectivity index (χ3n) is 6.97. The van der Waals surface area contributed by atoms with Crippen molar-refractivity contribution in [3.05, 3.63) is 36.0 Å². The number of nitriles is 1. The molecule has 0 spiro atoms. The second kappa shape index (κ2) is 16.3. The summed E-state index contributed by atoms with van der Waals surface area (Å²) in [7, 11) is 6.35. The lowest BCUT2D eigenvalue weighted by molar-refractivity contribution is 0.267. The van der Waals surface area contributed by atoms with E-state index < -0.39 is 0 Å². The first-order valence-corrected chi connectivity index (χ1v) is 14.2. The number of hydrogen-bond acceptors (Lipinski definition) is 8. The molecule has 0 aliphatic heterocycles. The van der Waals surface area contributed by atoms with Crippen molar-refractivity contribution in [2.45, 2.75) is 71.1 Å². The van der Waals surface area contributed by atoms with Gasteiger partial charge in [0.25, 0.3) is 0 Å². The highest BCUT2D eigenvalue weighted by atomic mass is 16.5. The second-order valence-corrected chi connectivity index (χ2v) is 9.75. The van der Waals surface area contributed by atoms with E-state index in [4.69, 9.17) is 23.7 Å². The Bertz CT molecular complexity index is 1250. The first-order valence-electron chi connectivity index (χ1n) is 14.2. The van der Waals surface area contributed by atoms with E-state index in [0.717, 1.165) is 18.2 Å². The van der Waals surface area contributed by atoms with Crippen LogP contribution in [0.4, 0.5) is 11.4 Å². The number of rotatable bonds is 18. The highest BCUT2D eigenvalue weighted by Crippen LogP contribution is 2.43. The van der Waals surface area contributed by atoms with Gasteiger partial charge in [-0.05, 0) is 12.5 Å². The van der Waals surface area contributed by atoms with Gasteiger partial charge in [0.15, 0.2) is 23.0 Å². The number of pyridine rings is 1. The average Bonchev–Trinajstić information content (AvgIpc) is 2.99. The second-order valence-electron chi connectivity index (χ2n) is 9.75. The molecule has 3 rings (SSSR count). The van der Waals surface area contributed by atoms with Crippen molar-refractivity contribution in [2.75, 3.05) is 40.4 Å². The molecule has 40 heavy (non-hydrogen) atoms. The number of nitrogens with one attached hydrogen (secondary N) is 1. The molecule has 216 valence electrons. The molecule has 0 bridgehead atoms. The van der Waals surface area contributed by atoms with Crippen LogP contribution < -0.4 is 29.0 Å².